The lowest BCUT2D eigenvalue weighted by Gasteiger charge is -2.24. The number of halogens is 4. The Morgan fingerprint density at radius 1 is 1.43 bits per heavy atom. The molecular formula is C15H15F4N3O. The van der Waals surface area contributed by atoms with Crippen LogP contribution in [-0.4, -0.2) is 36.1 Å². The summed E-state index contributed by atoms with van der Waals surface area (Å²) in [5.41, 5.74) is 0.540. The Labute approximate surface area is 130 Å². The molecule has 0 radical (unpaired) electrons. The number of likely N-dealkylation sites (tertiary alicyclic amines) is 1. The summed E-state index contributed by atoms with van der Waals surface area (Å²) < 4.78 is 50.3. The van der Waals surface area contributed by atoms with Gasteiger partial charge in [0.1, 0.15) is 12.4 Å². The SMILES string of the molecule is N#Cc1ccc(F)c(CN2CCC[C@@H]2C(=O)NCC(F)(F)F)c1. The van der Waals surface area contributed by atoms with Crippen LogP contribution in [0.5, 0.6) is 0 Å². The molecule has 1 aromatic rings. The van der Waals surface area contributed by atoms with E-state index in [1.807, 2.05) is 11.4 Å². The van der Waals surface area contributed by atoms with Crippen LogP contribution in [0.2, 0.25) is 0 Å². The fourth-order valence-electron chi connectivity index (χ4n) is 2.60. The molecule has 0 aliphatic carbocycles. The maximum atomic E-state index is 13.8. The first kappa shape index (κ1) is 17.2. The fraction of sp³-hybridized carbons (Fsp3) is 0.467. The maximum Gasteiger partial charge on any atom is 0.405 e. The first-order valence-electron chi connectivity index (χ1n) is 7.07. The number of carbonyl (C=O) groups is 1. The minimum Gasteiger partial charge on any atom is -0.346 e. The van der Waals surface area contributed by atoms with E-state index < -0.39 is 30.5 Å². The van der Waals surface area contributed by atoms with E-state index in [0.717, 1.165) is 0 Å². The average Bonchev–Trinajstić information content (AvgIpc) is 2.94. The molecule has 1 aliphatic heterocycles. The van der Waals surface area contributed by atoms with Crippen molar-refractivity contribution in [1.82, 2.24) is 10.2 Å². The first-order valence-corrected chi connectivity index (χ1v) is 7.07. The zero-order valence-corrected chi connectivity index (χ0v) is 12.2. The molecule has 1 saturated heterocycles. The van der Waals surface area contributed by atoms with E-state index in [9.17, 15) is 22.4 Å². The van der Waals surface area contributed by atoms with Crippen LogP contribution in [0, 0.1) is 17.1 Å². The van der Waals surface area contributed by atoms with Gasteiger partial charge in [-0.1, -0.05) is 0 Å². The van der Waals surface area contributed by atoms with E-state index in [4.69, 9.17) is 5.26 Å². The quantitative estimate of drug-likeness (QED) is 0.863. The third-order valence-electron chi connectivity index (χ3n) is 3.68. The average molecular weight is 329 g/mol. The normalized spacial score (nSPS) is 18.7. The van der Waals surface area contributed by atoms with Crippen molar-refractivity contribution < 1.29 is 22.4 Å². The number of carbonyl (C=O) groups excluding carboxylic acids is 1. The minimum absolute atomic E-state index is 0.0749. The highest BCUT2D eigenvalue weighted by molar-refractivity contribution is 5.82. The van der Waals surface area contributed by atoms with Crippen molar-refractivity contribution in [3.05, 3.63) is 35.1 Å². The number of nitrogens with zero attached hydrogens (tertiary/aromatic N) is 2. The predicted octanol–water partition coefficient (Wildman–Crippen LogP) is 2.34. The molecule has 0 aromatic heterocycles. The Kier molecular flexibility index (Phi) is 5.21. The molecule has 23 heavy (non-hydrogen) atoms. The highest BCUT2D eigenvalue weighted by atomic mass is 19.4. The zero-order chi connectivity index (χ0) is 17.0. The molecule has 1 atom stereocenters. The van der Waals surface area contributed by atoms with Gasteiger partial charge >= 0.3 is 6.18 Å². The van der Waals surface area contributed by atoms with E-state index in [1.54, 1.807) is 4.90 Å². The van der Waals surface area contributed by atoms with Crippen LogP contribution >= 0.6 is 0 Å². The summed E-state index contributed by atoms with van der Waals surface area (Å²) in [7, 11) is 0. The topological polar surface area (TPSA) is 56.1 Å². The highest BCUT2D eigenvalue weighted by Gasteiger charge is 2.34. The summed E-state index contributed by atoms with van der Waals surface area (Å²) in [6.07, 6.45) is -3.40. The monoisotopic (exact) mass is 329 g/mol. The van der Waals surface area contributed by atoms with Gasteiger partial charge in [-0.15, -0.1) is 0 Å². The summed E-state index contributed by atoms with van der Waals surface area (Å²) in [6.45, 7) is -0.819. The van der Waals surface area contributed by atoms with Crippen molar-refractivity contribution in [2.24, 2.45) is 0 Å². The number of nitrogens with one attached hydrogen (secondary N) is 1. The van der Waals surface area contributed by atoms with Gasteiger partial charge in [0, 0.05) is 12.1 Å². The molecule has 4 nitrogen and oxygen atoms in total. The van der Waals surface area contributed by atoms with Gasteiger partial charge in [-0.05, 0) is 37.6 Å². The number of hydrogen-bond acceptors (Lipinski definition) is 3. The minimum atomic E-state index is -4.47. The van der Waals surface area contributed by atoms with Gasteiger partial charge in [0.25, 0.3) is 0 Å². The molecule has 1 heterocycles. The van der Waals surface area contributed by atoms with Crippen molar-refractivity contribution in [1.29, 1.82) is 5.26 Å². The molecule has 1 fully saturated rings. The molecule has 8 heteroatoms. The second kappa shape index (κ2) is 6.96. The molecule has 124 valence electrons. The van der Waals surface area contributed by atoms with Gasteiger partial charge in [-0.2, -0.15) is 18.4 Å². The molecule has 1 N–H and O–H groups in total. The van der Waals surface area contributed by atoms with Gasteiger partial charge in [0.2, 0.25) is 5.91 Å². The van der Waals surface area contributed by atoms with E-state index in [1.165, 1.54) is 18.2 Å². The van der Waals surface area contributed by atoms with Gasteiger partial charge < -0.3 is 5.32 Å². The molecular weight excluding hydrogens is 314 g/mol. The van der Waals surface area contributed by atoms with Crippen LogP contribution in [0.25, 0.3) is 0 Å². The Balaban J connectivity index is 2.05. The van der Waals surface area contributed by atoms with Crippen LogP contribution in [-0.2, 0) is 11.3 Å². The van der Waals surface area contributed by atoms with Crippen LogP contribution in [0.1, 0.15) is 24.0 Å². The smallest absolute Gasteiger partial charge is 0.346 e. The van der Waals surface area contributed by atoms with Crippen LogP contribution in [0.3, 0.4) is 0 Å². The second-order valence-corrected chi connectivity index (χ2v) is 5.38. The molecule has 1 amide bonds. The Bertz CT molecular complexity index is 624. The lowest BCUT2D eigenvalue weighted by atomic mass is 10.1. The summed E-state index contributed by atoms with van der Waals surface area (Å²) in [5, 5.41) is 10.7. The van der Waals surface area contributed by atoms with E-state index in [2.05, 4.69) is 0 Å². The summed E-state index contributed by atoms with van der Waals surface area (Å²) in [6, 6.07) is 5.08. The first-order chi connectivity index (χ1) is 10.8. The van der Waals surface area contributed by atoms with Gasteiger partial charge in [-0.25, -0.2) is 4.39 Å². The van der Waals surface area contributed by atoms with Gasteiger partial charge in [0.05, 0.1) is 17.7 Å². The molecule has 2 rings (SSSR count). The molecule has 1 aromatic carbocycles. The summed E-state index contributed by atoms with van der Waals surface area (Å²) >= 11 is 0. The van der Waals surface area contributed by atoms with Crippen LogP contribution < -0.4 is 5.32 Å². The molecule has 0 bridgehead atoms. The lowest BCUT2D eigenvalue weighted by molar-refractivity contribution is -0.141. The second-order valence-electron chi connectivity index (χ2n) is 5.38. The third kappa shape index (κ3) is 4.66. The Morgan fingerprint density at radius 3 is 2.83 bits per heavy atom. The highest BCUT2D eigenvalue weighted by Crippen LogP contribution is 2.22. The van der Waals surface area contributed by atoms with E-state index >= 15 is 0 Å². The van der Waals surface area contributed by atoms with Crippen molar-refractivity contribution in [3.63, 3.8) is 0 Å². The molecule has 1 aliphatic rings. The lowest BCUT2D eigenvalue weighted by Crippen LogP contribution is -2.45. The molecule has 0 spiro atoms. The summed E-state index contributed by atoms with van der Waals surface area (Å²) in [4.78, 5) is 13.5. The summed E-state index contributed by atoms with van der Waals surface area (Å²) in [5.74, 6) is -1.22. The number of amides is 1. The molecule has 0 saturated carbocycles. The Hall–Kier alpha value is -2.14. The molecule has 0 unspecified atom stereocenters. The predicted molar refractivity (Wildman–Crippen MR) is 73.6 cm³/mol. The van der Waals surface area contributed by atoms with Gasteiger partial charge in [-0.3, -0.25) is 9.69 Å². The number of nitriles is 1. The van der Waals surface area contributed by atoms with Crippen LogP contribution in [0.15, 0.2) is 18.2 Å². The Morgan fingerprint density at radius 2 is 2.17 bits per heavy atom. The van der Waals surface area contributed by atoms with Crippen molar-refractivity contribution in [2.45, 2.75) is 31.6 Å². The van der Waals surface area contributed by atoms with Crippen LogP contribution in [0.4, 0.5) is 17.6 Å². The van der Waals surface area contributed by atoms with E-state index in [0.29, 0.717) is 24.9 Å². The van der Waals surface area contributed by atoms with Gasteiger partial charge in [0.15, 0.2) is 0 Å². The fourth-order valence-corrected chi connectivity index (χ4v) is 2.60. The zero-order valence-electron chi connectivity index (χ0n) is 12.2. The number of hydrogen-bond donors (Lipinski definition) is 1. The van der Waals surface area contributed by atoms with Crippen molar-refractivity contribution in [3.8, 4) is 6.07 Å². The third-order valence-corrected chi connectivity index (χ3v) is 3.68. The maximum absolute atomic E-state index is 13.8. The number of benzene rings is 1. The standard InChI is InChI=1S/C15H15F4N3O/c16-12-4-3-10(7-20)6-11(12)8-22-5-1-2-13(22)14(23)21-9-15(17,18)19/h3-4,6,13H,1-2,5,8-9H2,(H,21,23)/t13-/m1/s1. The van der Waals surface area contributed by atoms with Crippen molar-refractivity contribution >= 4 is 5.91 Å². The largest absolute Gasteiger partial charge is 0.405 e. The number of alkyl halides is 3. The van der Waals surface area contributed by atoms with E-state index in [-0.39, 0.29) is 12.1 Å². The number of rotatable bonds is 4. The van der Waals surface area contributed by atoms with Crippen molar-refractivity contribution in [2.75, 3.05) is 13.1 Å².